The maximum absolute atomic E-state index is 6.77. The molecule has 1 spiro atoms. The first kappa shape index (κ1) is 32.2. The van der Waals surface area contributed by atoms with Crippen molar-refractivity contribution in [2.24, 2.45) is 0 Å². The van der Waals surface area contributed by atoms with Crippen LogP contribution in [-0.2, 0) is 5.41 Å². The fraction of sp³-hybridized carbons (Fsp3) is 0.0182. The van der Waals surface area contributed by atoms with E-state index in [4.69, 9.17) is 4.74 Å². The molecule has 0 amide bonds. The quantitative estimate of drug-likeness (QED) is 0.173. The van der Waals surface area contributed by atoms with E-state index >= 15 is 0 Å². The number of rotatable bonds is 5. The number of fused-ring (bicyclic) bond motifs is 9. The Morgan fingerprint density at radius 2 is 0.643 bits per heavy atom. The molecule has 0 fully saturated rings. The molecule has 1 nitrogen and oxygen atoms in total. The van der Waals surface area contributed by atoms with Crippen LogP contribution in [0.25, 0.3) is 66.8 Å². The lowest BCUT2D eigenvalue weighted by Crippen LogP contribution is -2.32. The van der Waals surface area contributed by atoms with Gasteiger partial charge in [0, 0.05) is 11.1 Å². The highest BCUT2D eigenvalue weighted by Crippen LogP contribution is 2.62. The predicted molar refractivity (Wildman–Crippen MR) is 231 cm³/mol. The first-order chi connectivity index (χ1) is 27.8. The summed E-state index contributed by atoms with van der Waals surface area (Å²) >= 11 is 0. The normalized spacial score (nSPS) is 12.9. The zero-order chi connectivity index (χ0) is 37.1. The highest BCUT2D eigenvalue weighted by molar-refractivity contribution is 5.95. The van der Waals surface area contributed by atoms with Crippen LogP contribution in [0.15, 0.2) is 218 Å². The van der Waals surface area contributed by atoms with Gasteiger partial charge in [-0.15, -0.1) is 0 Å². The van der Waals surface area contributed by atoms with Gasteiger partial charge in [0.15, 0.2) is 0 Å². The highest BCUT2D eigenvalue weighted by atomic mass is 16.5. The highest BCUT2D eigenvalue weighted by Gasteiger charge is 2.51. The summed E-state index contributed by atoms with van der Waals surface area (Å²) in [4.78, 5) is 0. The topological polar surface area (TPSA) is 9.23 Å². The Labute approximate surface area is 327 Å². The van der Waals surface area contributed by atoms with E-state index in [0.29, 0.717) is 0 Å². The SMILES string of the molecule is c1ccc(-c2cc(-c3ccccc3)cc(-c3ccccc3-c3ccccc3-c3ccc4c(c3)C3(c5ccccc5O4)c4ccccc4-c4ccccc43)c2)cc1. The Bertz CT molecular complexity index is 2840. The zero-order valence-electron chi connectivity index (χ0n) is 30.7. The summed E-state index contributed by atoms with van der Waals surface area (Å²) < 4.78 is 6.77. The first-order valence-corrected chi connectivity index (χ1v) is 19.3. The van der Waals surface area contributed by atoms with Crippen LogP contribution >= 0.6 is 0 Å². The van der Waals surface area contributed by atoms with E-state index in [1.165, 1.54) is 77.9 Å². The summed E-state index contributed by atoms with van der Waals surface area (Å²) in [5.41, 5.74) is 18.8. The molecule has 9 aromatic carbocycles. The van der Waals surface area contributed by atoms with E-state index in [1.807, 2.05) is 0 Å². The van der Waals surface area contributed by atoms with Crippen molar-refractivity contribution < 1.29 is 4.74 Å². The maximum Gasteiger partial charge on any atom is 0.132 e. The number of ether oxygens (including phenoxy) is 1. The largest absolute Gasteiger partial charge is 0.457 e. The van der Waals surface area contributed by atoms with Crippen LogP contribution in [0.5, 0.6) is 11.5 Å². The van der Waals surface area contributed by atoms with E-state index in [9.17, 15) is 0 Å². The molecular formula is C55H36O. The van der Waals surface area contributed by atoms with Crippen molar-refractivity contribution in [2.45, 2.75) is 5.41 Å². The Hall–Kier alpha value is -7.22. The Balaban J connectivity index is 1.11. The molecule has 0 saturated heterocycles. The van der Waals surface area contributed by atoms with Gasteiger partial charge in [-0.3, -0.25) is 0 Å². The molecule has 1 aliphatic heterocycles. The van der Waals surface area contributed by atoms with Gasteiger partial charge in [0.05, 0.1) is 5.41 Å². The lowest BCUT2D eigenvalue weighted by Gasteiger charge is -2.39. The standard InChI is InChI=1S/C55H36O/c1-3-17-37(18-4-1)40-33-41(38-19-5-2-6-20-38)35-42(34-40)44-22-8-10-24-46(44)45-23-9-7-21-43(45)39-31-32-54-52(36-39)55(51-29-15-16-30-53(51)56-54)49-27-13-11-25-47(49)48-26-12-14-28-50(48)55/h1-36H. The summed E-state index contributed by atoms with van der Waals surface area (Å²) in [5, 5.41) is 0. The summed E-state index contributed by atoms with van der Waals surface area (Å²) in [7, 11) is 0. The minimum Gasteiger partial charge on any atom is -0.457 e. The number of hydrogen-bond acceptors (Lipinski definition) is 1. The van der Waals surface area contributed by atoms with Crippen molar-refractivity contribution in [3.63, 3.8) is 0 Å². The molecule has 0 radical (unpaired) electrons. The van der Waals surface area contributed by atoms with E-state index in [0.717, 1.165) is 22.6 Å². The van der Waals surface area contributed by atoms with Crippen molar-refractivity contribution in [3.8, 4) is 78.3 Å². The van der Waals surface area contributed by atoms with Crippen LogP contribution in [0.3, 0.4) is 0 Å². The summed E-state index contributed by atoms with van der Waals surface area (Å²) in [5.74, 6) is 1.80. The van der Waals surface area contributed by atoms with Gasteiger partial charge in [-0.05, 0) is 114 Å². The van der Waals surface area contributed by atoms with E-state index in [-0.39, 0.29) is 0 Å². The van der Waals surface area contributed by atoms with Crippen molar-refractivity contribution in [1.82, 2.24) is 0 Å². The summed E-state index contributed by atoms with van der Waals surface area (Å²) in [6.07, 6.45) is 0. The lowest BCUT2D eigenvalue weighted by atomic mass is 9.65. The number of para-hydroxylation sites is 1. The molecule has 0 bridgehead atoms. The fourth-order valence-corrected chi connectivity index (χ4v) is 9.34. The van der Waals surface area contributed by atoms with Gasteiger partial charge in [-0.1, -0.05) is 182 Å². The van der Waals surface area contributed by atoms with Crippen LogP contribution < -0.4 is 4.74 Å². The van der Waals surface area contributed by atoms with Gasteiger partial charge in [0.2, 0.25) is 0 Å². The average Bonchev–Trinajstić information content (AvgIpc) is 3.57. The monoisotopic (exact) mass is 712 g/mol. The van der Waals surface area contributed by atoms with Gasteiger partial charge in [-0.2, -0.15) is 0 Å². The molecular weight excluding hydrogens is 677 g/mol. The van der Waals surface area contributed by atoms with E-state index in [2.05, 4.69) is 218 Å². The van der Waals surface area contributed by atoms with E-state index in [1.54, 1.807) is 0 Å². The van der Waals surface area contributed by atoms with Crippen molar-refractivity contribution in [2.75, 3.05) is 0 Å². The molecule has 11 rings (SSSR count). The van der Waals surface area contributed by atoms with Crippen LogP contribution in [0, 0.1) is 0 Å². The molecule has 0 saturated carbocycles. The van der Waals surface area contributed by atoms with Crippen molar-refractivity contribution >= 4 is 0 Å². The van der Waals surface area contributed by atoms with Crippen molar-refractivity contribution in [3.05, 3.63) is 241 Å². The van der Waals surface area contributed by atoms with Crippen LogP contribution in [0.4, 0.5) is 0 Å². The molecule has 1 aliphatic carbocycles. The second-order valence-electron chi connectivity index (χ2n) is 14.8. The van der Waals surface area contributed by atoms with Gasteiger partial charge in [0.25, 0.3) is 0 Å². The third kappa shape index (κ3) is 4.95. The Morgan fingerprint density at radius 3 is 1.21 bits per heavy atom. The molecule has 1 heterocycles. The third-order valence-electron chi connectivity index (χ3n) is 11.8. The molecule has 0 N–H and O–H groups in total. The molecule has 262 valence electrons. The Morgan fingerprint density at radius 1 is 0.232 bits per heavy atom. The van der Waals surface area contributed by atoms with Gasteiger partial charge in [0.1, 0.15) is 11.5 Å². The molecule has 1 heteroatoms. The first-order valence-electron chi connectivity index (χ1n) is 19.3. The summed E-state index contributed by atoms with van der Waals surface area (Å²) in [6.45, 7) is 0. The van der Waals surface area contributed by atoms with E-state index < -0.39 is 5.41 Å². The molecule has 0 atom stereocenters. The number of benzene rings is 9. The smallest absolute Gasteiger partial charge is 0.132 e. The second-order valence-corrected chi connectivity index (χ2v) is 14.8. The molecule has 0 aromatic heterocycles. The van der Waals surface area contributed by atoms with Crippen molar-refractivity contribution in [1.29, 1.82) is 0 Å². The second kappa shape index (κ2) is 13.0. The minimum atomic E-state index is -0.522. The van der Waals surface area contributed by atoms with Crippen LogP contribution in [0.1, 0.15) is 22.3 Å². The molecule has 2 aliphatic rings. The molecule has 0 unspecified atom stereocenters. The Kier molecular flexibility index (Phi) is 7.47. The van der Waals surface area contributed by atoms with Gasteiger partial charge in [-0.25, -0.2) is 0 Å². The maximum atomic E-state index is 6.77. The number of hydrogen-bond donors (Lipinski definition) is 0. The van der Waals surface area contributed by atoms with Gasteiger partial charge < -0.3 is 4.74 Å². The van der Waals surface area contributed by atoms with Crippen LogP contribution in [-0.4, -0.2) is 0 Å². The van der Waals surface area contributed by atoms with Gasteiger partial charge >= 0.3 is 0 Å². The van der Waals surface area contributed by atoms with Crippen LogP contribution in [0.2, 0.25) is 0 Å². The fourth-order valence-electron chi connectivity index (χ4n) is 9.34. The summed E-state index contributed by atoms with van der Waals surface area (Å²) in [6, 6.07) is 79.3. The lowest BCUT2D eigenvalue weighted by molar-refractivity contribution is 0.436. The molecule has 56 heavy (non-hydrogen) atoms. The molecule has 9 aromatic rings. The minimum absolute atomic E-state index is 0.522. The zero-order valence-corrected chi connectivity index (χ0v) is 30.7. The third-order valence-corrected chi connectivity index (χ3v) is 11.8. The average molecular weight is 713 g/mol. The predicted octanol–water partition coefficient (Wildman–Crippen LogP) is 14.5.